The third-order valence-corrected chi connectivity index (χ3v) is 4.00. The van der Waals surface area contributed by atoms with E-state index in [4.69, 9.17) is 14.5 Å². The molecule has 1 atom stereocenters. The predicted molar refractivity (Wildman–Crippen MR) is 95.9 cm³/mol. The van der Waals surface area contributed by atoms with E-state index in [2.05, 4.69) is 23.6 Å². The highest BCUT2D eigenvalue weighted by molar-refractivity contribution is 7.46. The van der Waals surface area contributed by atoms with Crippen LogP contribution in [0.4, 0.5) is 0 Å². The van der Waals surface area contributed by atoms with E-state index in [1.54, 1.807) is 0 Å². The van der Waals surface area contributed by atoms with Crippen molar-refractivity contribution in [3.63, 3.8) is 0 Å². The molecule has 8 heteroatoms. The topological polar surface area (TPSA) is 113 Å². The fourth-order valence-electron chi connectivity index (χ4n) is 2.11. The fraction of sp³-hybridized carbons (Fsp3) is 0.824. The van der Waals surface area contributed by atoms with Gasteiger partial charge in [-0.15, -0.1) is 0 Å². The van der Waals surface area contributed by atoms with Gasteiger partial charge in [0.15, 0.2) is 0 Å². The summed E-state index contributed by atoms with van der Waals surface area (Å²) in [7, 11) is -4.61. The molecule has 0 amide bonds. The van der Waals surface area contributed by atoms with E-state index in [0.29, 0.717) is 0 Å². The molecule has 7 nitrogen and oxygen atoms in total. The van der Waals surface area contributed by atoms with Crippen molar-refractivity contribution in [2.45, 2.75) is 77.2 Å². The minimum Gasteiger partial charge on any atom is -0.463 e. The van der Waals surface area contributed by atoms with Gasteiger partial charge in [-0.3, -0.25) is 9.32 Å². The molecule has 0 aliphatic heterocycles. The quantitative estimate of drug-likeness (QED) is 0.163. The van der Waals surface area contributed by atoms with Crippen molar-refractivity contribution >= 4 is 13.8 Å². The van der Waals surface area contributed by atoms with Crippen molar-refractivity contribution in [1.82, 2.24) is 0 Å². The highest BCUT2D eigenvalue weighted by Crippen LogP contribution is 2.35. The van der Waals surface area contributed by atoms with Gasteiger partial charge in [0.2, 0.25) is 0 Å². The summed E-state index contributed by atoms with van der Waals surface area (Å²) in [6.07, 6.45) is 13.4. The number of phosphoric ester groups is 1. The van der Waals surface area contributed by atoms with E-state index in [-0.39, 0.29) is 13.0 Å². The lowest BCUT2D eigenvalue weighted by atomic mass is 10.1. The second-order valence-electron chi connectivity index (χ2n) is 6.04. The summed E-state index contributed by atoms with van der Waals surface area (Å²) in [4.78, 5) is 28.4. The molecule has 0 aliphatic rings. The Bertz CT molecular complexity index is 406. The third kappa shape index (κ3) is 19.5. The first-order chi connectivity index (χ1) is 11.8. The average molecular weight is 380 g/mol. The number of unbranched alkanes of at least 4 members (excludes halogenated alkanes) is 7. The second-order valence-corrected chi connectivity index (χ2v) is 7.28. The number of carbonyl (C=O) groups is 1. The molecule has 0 aromatic carbocycles. The number of hydrogen-bond donors (Lipinski definition) is 3. The van der Waals surface area contributed by atoms with Gasteiger partial charge >= 0.3 is 13.8 Å². The molecule has 0 aliphatic carbocycles. The maximum Gasteiger partial charge on any atom is 0.469 e. The van der Waals surface area contributed by atoms with E-state index in [0.717, 1.165) is 32.1 Å². The number of esters is 1. The summed E-state index contributed by atoms with van der Waals surface area (Å²) in [6.45, 7) is 1.28. The summed E-state index contributed by atoms with van der Waals surface area (Å²) in [5.74, 6) is -0.422. The molecule has 0 aromatic heterocycles. The van der Waals surface area contributed by atoms with Crippen molar-refractivity contribution in [3.05, 3.63) is 12.2 Å². The van der Waals surface area contributed by atoms with E-state index in [9.17, 15) is 14.5 Å². The van der Waals surface area contributed by atoms with Gasteiger partial charge in [-0.25, -0.2) is 4.57 Å². The number of aliphatic hydroxyl groups excluding tert-OH is 1. The molecule has 3 N–H and O–H groups in total. The lowest BCUT2D eigenvalue weighted by molar-refractivity contribution is -0.147. The molecule has 0 spiro atoms. The first-order valence-corrected chi connectivity index (χ1v) is 10.6. The van der Waals surface area contributed by atoms with Gasteiger partial charge in [0.1, 0.15) is 12.7 Å². The minimum absolute atomic E-state index is 0.281. The Kier molecular flexibility index (Phi) is 15.1. The van der Waals surface area contributed by atoms with Gasteiger partial charge in [-0.1, -0.05) is 51.2 Å². The minimum atomic E-state index is -4.61. The Hall–Kier alpha value is -0.720. The van der Waals surface area contributed by atoms with Crippen LogP contribution in [0.5, 0.6) is 0 Å². The monoisotopic (exact) mass is 380 g/mol. The van der Waals surface area contributed by atoms with Crippen LogP contribution < -0.4 is 0 Å². The molecule has 0 saturated heterocycles. The second kappa shape index (κ2) is 15.5. The predicted octanol–water partition coefficient (Wildman–Crippen LogP) is 3.48. The van der Waals surface area contributed by atoms with Crippen molar-refractivity contribution in [2.24, 2.45) is 0 Å². The van der Waals surface area contributed by atoms with Gasteiger partial charge in [0.25, 0.3) is 0 Å². The zero-order chi connectivity index (χ0) is 19.0. The Morgan fingerprint density at radius 3 is 2.24 bits per heavy atom. The van der Waals surface area contributed by atoms with Crippen LogP contribution in [-0.4, -0.2) is 40.2 Å². The highest BCUT2D eigenvalue weighted by Gasteiger charge is 2.17. The van der Waals surface area contributed by atoms with Crippen molar-refractivity contribution < 1.29 is 33.5 Å². The van der Waals surface area contributed by atoms with E-state index >= 15 is 0 Å². The number of ether oxygens (including phenoxy) is 1. The van der Waals surface area contributed by atoms with Crippen LogP contribution in [0.25, 0.3) is 0 Å². The Balaban J connectivity index is 3.44. The number of hydrogen-bond acceptors (Lipinski definition) is 5. The van der Waals surface area contributed by atoms with Crippen LogP contribution in [0.3, 0.4) is 0 Å². The summed E-state index contributed by atoms with van der Waals surface area (Å²) in [5, 5.41) is 9.37. The zero-order valence-corrected chi connectivity index (χ0v) is 16.0. The van der Waals surface area contributed by atoms with Crippen molar-refractivity contribution in [3.8, 4) is 0 Å². The van der Waals surface area contributed by atoms with Crippen LogP contribution in [0, 0.1) is 0 Å². The number of allylic oxidation sites excluding steroid dienone is 2. The molecule has 0 fully saturated rings. The molecule has 25 heavy (non-hydrogen) atoms. The largest absolute Gasteiger partial charge is 0.469 e. The van der Waals surface area contributed by atoms with Crippen LogP contribution in [0.2, 0.25) is 0 Å². The van der Waals surface area contributed by atoms with Gasteiger partial charge in [0, 0.05) is 6.42 Å². The SMILES string of the molecule is CCCC/C=C\CCCCCCCC(=O)OC[C@@H](O)COP(=O)(O)O. The zero-order valence-electron chi connectivity index (χ0n) is 15.1. The van der Waals surface area contributed by atoms with E-state index in [1.165, 1.54) is 25.7 Å². The van der Waals surface area contributed by atoms with E-state index in [1.807, 2.05) is 0 Å². The maximum atomic E-state index is 11.5. The Morgan fingerprint density at radius 1 is 1.00 bits per heavy atom. The van der Waals surface area contributed by atoms with Gasteiger partial charge < -0.3 is 19.6 Å². The molecule has 0 rings (SSSR count). The van der Waals surface area contributed by atoms with E-state index < -0.39 is 26.5 Å². The first-order valence-electron chi connectivity index (χ1n) is 9.04. The summed E-state index contributed by atoms with van der Waals surface area (Å²) >= 11 is 0. The van der Waals surface area contributed by atoms with Crippen molar-refractivity contribution in [2.75, 3.05) is 13.2 Å². The van der Waals surface area contributed by atoms with Gasteiger partial charge in [-0.2, -0.15) is 0 Å². The average Bonchev–Trinajstić information content (AvgIpc) is 2.55. The third-order valence-electron chi connectivity index (χ3n) is 3.51. The standard InChI is InChI=1S/C17H33O7P/c1-2-3-4-5-6-7-8-9-10-11-12-13-17(19)23-14-16(18)15-24-25(20,21)22/h5-6,16,18H,2-4,7-15H2,1H3,(H2,20,21,22)/b6-5-/t16-/m1/s1. The molecule has 0 unspecified atom stereocenters. The lowest BCUT2D eigenvalue weighted by Crippen LogP contribution is -2.23. The number of rotatable bonds is 16. The fourth-order valence-corrected chi connectivity index (χ4v) is 2.48. The van der Waals surface area contributed by atoms with Crippen molar-refractivity contribution in [1.29, 1.82) is 0 Å². The lowest BCUT2D eigenvalue weighted by Gasteiger charge is -2.12. The van der Waals surface area contributed by atoms with Crippen LogP contribution in [0.15, 0.2) is 12.2 Å². The molecule has 148 valence electrons. The van der Waals surface area contributed by atoms with Crippen LogP contribution in [0.1, 0.15) is 71.1 Å². The molecule has 0 aromatic rings. The smallest absolute Gasteiger partial charge is 0.463 e. The Labute approximate surface area is 150 Å². The maximum absolute atomic E-state index is 11.5. The Morgan fingerprint density at radius 2 is 1.60 bits per heavy atom. The molecular formula is C17H33O7P. The molecular weight excluding hydrogens is 347 g/mol. The number of carbonyl (C=O) groups excluding carboxylic acids is 1. The molecule has 0 radical (unpaired) electrons. The molecule has 0 saturated carbocycles. The van der Waals surface area contributed by atoms with Crippen LogP contribution >= 0.6 is 7.82 Å². The normalized spacial score (nSPS) is 13.3. The number of aliphatic hydroxyl groups is 1. The first kappa shape index (κ1) is 24.3. The van der Waals surface area contributed by atoms with Gasteiger partial charge in [0.05, 0.1) is 6.61 Å². The summed E-state index contributed by atoms with van der Waals surface area (Å²) in [6, 6.07) is 0. The van der Waals surface area contributed by atoms with Gasteiger partial charge in [-0.05, 0) is 25.7 Å². The van der Waals surface area contributed by atoms with Crippen LogP contribution in [-0.2, 0) is 18.6 Å². The highest BCUT2D eigenvalue weighted by atomic mass is 31.2. The number of phosphoric acid groups is 1. The summed E-state index contributed by atoms with van der Waals surface area (Å²) < 4.78 is 19.4. The summed E-state index contributed by atoms with van der Waals surface area (Å²) in [5.41, 5.74) is 0. The molecule has 0 bridgehead atoms. The molecule has 0 heterocycles.